The van der Waals surface area contributed by atoms with Gasteiger partial charge in [-0.1, -0.05) is 12.1 Å². The summed E-state index contributed by atoms with van der Waals surface area (Å²) in [6.07, 6.45) is 3.16. The molecule has 2 amide bonds. The van der Waals surface area contributed by atoms with Gasteiger partial charge in [0.1, 0.15) is 17.6 Å². The zero-order chi connectivity index (χ0) is 22.5. The van der Waals surface area contributed by atoms with Crippen LogP contribution in [0.5, 0.6) is 11.5 Å². The molecular weight excluding hydrogens is 424 g/mol. The van der Waals surface area contributed by atoms with Crippen LogP contribution in [0.4, 0.5) is 0 Å². The molecule has 170 valence electrons. The van der Waals surface area contributed by atoms with E-state index in [1.165, 1.54) is 11.8 Å². The van der Waals surface area contributed by atoms with Crippen molar-refractivity contribution < 1.29 is 19.1 Å². The van der Waals surface area contributed by atoms with Crippen molar-refractivity contribution in [2.75, 3.05) is 25.4 Å². The van der Waals surface area contributed by atoms with Crippen LogP contribution in [0.25, 0.3) is 0 Å². The first-order chi connectivity index (χ1) is 15.5. The number of hydrogen-bond donors (Lipinski definition) is 1. The van der Waals surface area contributed by atoms with E-state index in [0.717, 1.165) is 59.9 Å². The minimum absolute atomic E-state index is 0.136. The summed E-state index contributed by atoms with van der Waals surface area (Å²) in [5.41, 5.74) is 2.61. The average molecular weight is 455 g/mol. The lowest BCUT2D eigenvalue weighted by Gasteiger charge is -2.16. The van der Waals surface area contributed by atoms with Crippen molar-refractivity contribution in [1.82, 2.24) is 10.2 Å². The Kier molecular flexibility index (Phi) is 7.25. The van der Waals surface area contributed by atoms with E-state index >= 15 is 0 Å². The highest BCUT2D eigenvalue weighted by Gasteiger charge is 2.23. The van der Waals surface area contributed by atoms with Crippen molar-refractivity contribution in [3.05, 3.63) is 53.1 Å². The maximum atomic E-state index is 13.0. The minimum Gasteiger partial charge on any atom is -0.494 e. The molecule has 2 aliphatic heterocycles. The Balaban J connectivity index is 1.42. The molecular formula is C25H30N2O4S. The number of amides is 2. The molecule has 0 aliphatic carbocycles. The summed E-state index contributed by atoms with van der Waals surface area (Å²) in [4.78, 5) is 28.1. The number of likely N-dealkylation sites (tertiary alicyclic amines) is 1. The lowest BCUT2D eigenvalue weighted by Crippen LogP contribution is -2.29. The first-order valence-electron chi connectivity index (χ1n) is 11.3. The molecule has 2 aromatic carbocycles. The fourth-order valence-corrected chi connectivity index (χ4v) is 5.11. The Hall–Kier alpha value is -2.67. The number of nitrogens with zero attached hydrogens (tertiary/aromatic N) is 1. The van der Waals surface area contributed by atoms with Gasteiger partial charge < -0.3 is 19.7 Å². The predicted octanol–water partition coefficient (Wildman–Crippen LogP) is 4.05. The Bertz CT molecular complexity index is 988. The monoisotopic (exact) mass is 454 g/mol. The molecule has 2 aliphatic rings. The first kappa shape index (κ1) is 22.5. The second-order valence-electron chi connectivity index (χ2n) is 8.19. The number of hydrogen-bond acceptors (Lipinski definition) is 5. The van der Waals surface area contributed by atoms with Crippen molar-refractivity contribution in [3.63, 3.8) is 0 Å². The lowest BCUT2D eigenvalue weighted by molar-refractivity contribution is -0.127. The molecule has 2 aromatic rings. The van der Waals surface area contributed by atoms with E-state index in [0.29, 0.717) is 24.5 Å². The molecule has 1 N–H and O–H groups in total. The lowest BCUT2D eigenvalue weighted by atomic mass is 10.1. The van der Waals surface area contributed by atoms with Gasteiger partial charge in [0.2, 0.25) is 5.91 Å². The molecule has 1 fully saturated rings. The van der Waals surface area contributed by atoms with Crippen molar-refractivity contribution in [3.8, 4) is 11.5 Å². The van der Waals surface area contributed by atoms with Gasteiger partial charge in [-0.25, -0.2) is 0 Å². The topological polar surface area (TPSA) is 67.9 Å². The van der Waals surface area contributed by atoms with Gasteiger partial charge in [0.25, 0.3) is 5.91 Å². The SMILES string of the molecule is CCOc1cc2c(cc1CNC(=O)c1ccccc1SCC(=O)N1CCCC1)OC(C)C2. The molecule has 0 aromatic heterocycles. The molecule has 6 nitrogen and oxygen atoms in total. The third-order valence-electron chi connectivity index (χ3n) is 5.76. The fraction of sp³-hybridized carbons (Fsp3) is 0.440. The Morgan fingerprint density at radius 1 is 1.22 bits per heavy atom. The number of carbonyl (C=O) groups excluding carboxylic acids is 2. The van der Waals surface area contributed by atoms with E-state index in [1.807, 2.05) is 49.1 Å². The number of fused-ring (bicyclic) bond motifs is 1. The number of nitrogens with one attached hydrogen (secondary N) is 1. The van der Waals surface area contributed by atoms with Gasteiger partial charge in [-0.3, -0.25) is 9.59 Å². The summed E-state index contributed by atoms with van der Waals surface area (Å²) >= 11 is 1.42. The summed E-state index contributed by atoms with van der Waals surface area (Å²) in [6, 6.07) is 11.4. The second-order valence-corrected chi connectivity index (χ2v) is 9.21. The van der Waals surface area contributed by atoms with E-state index in [2.05, 4.69) is 5.32 Å². The molecule has 0 spiro atoms. The van der Waals surface area contributed by atoms with Crippen LogP contribution in [0.2, 0.25) is 0 Å². The Labute approximate surface area is 193 Å². The summed E-state index contributed by atoms with van der Waals surface area (Å²) < 4.78 is 11.7. The van der Waals surface area contributed by atoms with Crippen molar-refractivity contribution in [2.45, 2.75) is 50.7 Å². The van der Waals surface area contributed by atoms with Crippen LogP contribution in [0, 0.1) is 0 Å². The van der Waals surface area contributed by atoms with Crippen LogP contribution in [-0.2, 0) is 17.8 Å². The second kappa shape index (κ2) is 10.3. The third kappa shape index (κ3) is 5.21. The van der Waals surface area contributed by atoms with E-state index in [1.54, 1.807) is 6.07 Å². The quantitative estimate of drug-likeness (QED) is 0.610. The summed E-state index contributed by atoms with van der Waals surface area (Å²) in [6.45, 7) is 6.57. The molecule has 0 bridgehead atoms. The van der Waals surface area contributed by atoms with Gasteiger partial charge in [0, 0.05) is 42.1 Å². The zero-order valence-electron chi connectivity index (χ0n) is 18.7. The molecule has 0 radical (unpaired) electrons. The van der Waals surface area contributed by atoms with E-state index in [9.17, 15) is 9.59 Å². The van der Waals surface area contributed by atoms with E-state index in [4.69, 9.17) is 9.47 Å². The Morgan fingerprint density at radius 3 is 2.78 bits per heavy atom. The molecule has 0 saturated carbocycles. The molecule has 32 heavy (non-hydrogen) atoms. The van der Waals surface area contributed by atoms with Crippen LogP contribution in [0.3, 0.4) is 0 Å². The normalized spacial score (nSPS) is 17.1. The minimum atomic E-state index is -0.168. The molecule has 4 rings (SSSR count). The molecule has 7 heteroatoms. The predicted molar refractivity (Wildman–Crippen MR) is 126 cm³/mol. The summed E-state index contributed by atoms with van der Waals surface area (Å²) in [5, 5.41) is 3.02. The number of carbonyl (C=O) groups is 2. The van der Waals surface area contributed by atoms with Crippen LogP contribution in [0.15, 0.2) is 41.3 Å². The van der Waals surface area contributed by atoms with E-state index in [-0.39, 0.29) is 17.9 Å². The van der Waals surface area contributed by atoms with Gasteiger partial charge in [-0.15, -0.1) is 11.8 Å². The number of thioether (sulfide) groups is 1. The van der Waals surface area contributed by atoms with Gasteiger partial charge in [-0.2, -0.15) is 0 Å². The van der Waals surface area contributed by atoms with Crippen LogP contribution in [0.1, 0.15) is 48.2 Å². The summed E-state index contributed by atoms with van der Waals surface area (Å²) in [7, 11) is 0. The molecule has 1 saturated heterocycles. The van der Waals surface area contributed by atoms with Gasteiger partial charge in [-0.05, 0) is 51.0 Å². The maximum absolute atomic E-state index is 13.0. The highest BCUT2D eigenvalue weighted by molar-refractivity contribution is 8.00. The van der Waals surface area contributed by atoms with Crippen molar-refractivity contribution in [2.24, 2.45) is 0 Å². The Morgan fingerprint density at radius 2 is 2.00 bits per heavy atom. The van der Waals surface area contributed by atoms with Crippen LogP contribution in [-0.4, -0.2) is 48.3 Å². The van der Waals surface area contributed by atoms with Gasteiger partial charge >= 0.3 is 0 Å². The van der Waals surface area contributed by atoms with Crippen LogP contribution >= 0.6 is 11.8 Å². The van der Waals surface area contributed by atoms with Crippen molar-refractivity contribution in [1.29, 1.82) is 0 Å². The number of benzene rings is 2. The average Bonchev–Trinajstić information content (AvgIpc) is 3.45. The number of ether oxygens (including phenoxy) is 2. The molecule has 1 atom stereocenters. The standard InChI is InChI=1S/C25H30N2O4S/c1-3-30-21-13-18-12-17(2)31-22(18)14-19(21)15-26-25(29)20-8-4-5-9-23(20)32-16-24(28)27-10-6-7-11-27/h4-5,8-9,13-14,17H,3,6-7,10-12,15-16H2,1-2H3,(H,26,29). The van der Waals surface area contributed by atoms with Crippen molar-refractivity contribution >= 4 is 23.6 Å². The molecule has 1 unspecified atom stereocenters. The first-order valence-corrected chi connectivity index (χ1v) is 12.3. The maximum Gasteiger partial charge on any atom is 0.252 e. The van der Waals surface area contributed by atoms with E-state index < -0.39 is 0 Å². The van der Waals surface area contributed by atoms with Gasteiger partial charge in [0.15, 0.2) is 0 Å². The summed E-state index contributed by atoms with van der Waals surface area (Å²) in [5.74, 6) is 1.96. The zero-order valence-corrected chi connectivity index (χ0v) is 19.5. The molecule has 2 heterocycles. The number of rotatable bonds is 8. The highest BCUT2D eigenvalue weighted by Crippen LogP contribution is 2.35. The third-order valence-corrected chi connectivity index (χ3v) is 6.82. The largest absolute Gasteiger partial charge is 0.494 e. The highest BCUT2D eigenvalue weighted by atomic mass is 32.2. The van der Waals surface area contributed by atoms with Gasteiger partial charge in [0.05, 0.1) is 17.9 Å². The van der Waals surface area contributed by atoms with Crippen LogP contribution < -0.4 is 14.8 Å². The smallest absolute Gasteiger partial charge is 0.252 e. The fourth-order valence-electron chi connectivity index (χ4n) is 4.16.